The van der Waals surface area contributed by atoms with Crippen LogP contribution in [0.2, 0.25) is 0 Å². The molecule has 0 saturated heterocycles. The number of imidazole rings is 1. The first-order valence-corrected chi connectivity index (χ1v) is 4.99. The molecule has 0 aliphatic rings. The second-order valence-electron chi connectivity index (χ2n) is 3.78. The molecule has 15 heavy (non-hydrogen) atoms. The molecule has 3 heteroatoms. The van der Waals surface area contributed by atoms with Crippen LogP contribution in [0.4, 0.5) is 5.69 Å². The van der Waals surface area contributed by atoms with E-state index in [0.29, 0.717) is 0 Å². The van der Waals surface area contributed by atoms with E-state index in [1.807, 2.05) is 37.5 Å². The number of aromatic nitrogens is 2. The van der Waals surface area contributed by atoms with Gasteiger partial charge < -0.3 is 10.3 Å². The minimum atomic E-state index is 0.803. The zero-order valence-electron chi connectivity index (χ0n) is 9.07. The topological polar surface area (TPSA) is 43.8 Å². The number of rotatable bonds is 2. The normalized spacial score (nSPS) is 10.5. The molecule has 2 aromatic rings. The molecule has 1 aromatic carbocycles. The first-order chi connectivity index (χ1) is 7.16. The highest BCUT2D eigenvalue weighted by molar-refractivity contribution is 5.39. The number of anilines is 1. The summed E-state index contributed by atoms with van der Waals surface area (Å²) in [6.45, 7) is 4.96. The van der Waals surface area contributed by atoms with Gasteiger partial charge in [-0.1, -0.05) is 12.1 Å². The molecule has 0 aliphatic carbocycles. The van der Waals surface area contributed by atoms with Crippen LogP contribution in [-0.2, 0) is 6.54 Å². The van der Waals surface area contributed by atoms with Gasteiger partial charge in [0.05, 0.1) is 12.0 Å². The van der Waals surface area contributed by atoms with Crippen molar-refractivity contribution in [3.63, 3.8) is 0 Å². The summed E-state index contributed by atoms with van der Waals surface area (Å²) in [6.07, 6.45) is 1.88. The van der Waals surface area contributed by atoms with E-state index in [2.05, 4.69) is 16.5 Å². The molecule has 1 heterocycles. The van der Waals surface area contributed by atoms with E-state index >= 15 is 0 Å². The van der Waals surface area contributed by atoms with Crippen molar-refractivity contribution in [2.75, 3.05) is 5.73 Å². The predicted molar refractivity (Wildman–Crippen MR) is 61.7 cm³/mol. The van der Waals surface area contributed by atoms with E-state index in [1.54, 1.807) is 0 Å². The minimum absolute atomic E-state index is 0.803. The summed E-state index contributed by atoms with van der Waals surface area (Å²) < 4.78 is 2.14. The highest BCUT2D eigenvalue weighted by Crippen LogP contribution is 2.10. The van der Waals surface area contributed by atoms with Crippen molar-refractivity contribution < 1.29 is 0 Å². The maximum Gasteiger partial charge on any atom is 0.0954 e. The Labute approximate surface area is 89.6 Å². The van der Waals surface area contributed by atoms with Crippen LogP contribution >= 0.6 is 0 Å². The lowest BCUT2D eigenvalue weighted by Gasteiger charge is -2.05. The van der Waals surface area contributed by atoms with Gasteiger partial charge in [0, 0.05) is 17.9 Å². The second-order valence-corrected chi connectivity index (χ2v) is 3.78. The Hall–Kier alpha value is -1.77. The second kappa shape index (κ2) is 3.77. The number of benzene rings is 1. The molecule has 78 valence electrons. The largest absolute Gasteiger partial charge is 0.399 e. The molecule has 2 N–H and O–H groups in total. The third-order valence-electron chi connectivity index (χ3n) is 2.68. The van der Waals surface area contributed by atoms with Crippen molar-refractivity contribution in [3.8, 4) is 0 Å². The monoisotopic (exact) mass is 201 g/mol. The smallest absolute Gasteiger partial charge is 0.0954 e. The molecule has 0 amide bonds. The Kier molecular flexibility index (Phi) is 2.46. The molecule has 0 radical (unpaired) electrons. The fourth-order valence-electron chi connectivity index (χ4n) is 1.52. The molecule has 0 unspecified atom stereocenters. The molecule has 1 aromatic heterocycles. The standard InChI is InChI=1S/C12H15N3/c1-9-10(2)15(8-14-9)7-11-3-5-12(13)6-4-11/h3-6,8H,7,13H2,1-2H3. The number of aryl methyl sites for hydroxylation is 1. The summed E-state index contributed by atoms with van der Waals surface area (Å²) >= 11 is 0. The quantitative estimate of drug-likeness (QED) is 0.756. The fourth-order valence-corrected chi connectivity index (χ4v) is 1.52. The number of nitrogens with two attached hydrogens (primary N) is 1. The van der Waals surface area contributed by atoms with Gasteiger partial charge in [-0.05, 0) is 31.5 Å². The zero-order chi connectivity index (χ0) is 10.8. The Morgan fingerprint density at radius 1 is 1.20 bits per heavy atom. The van der Waals surface area contributed by atoms with Crippen LogP contribution in [0.3, 0.4) is 0 Å². The lowest BCUT2D eigenvalue weighted by molar-refractivity contribution is 0.769. The summed E-state index contributed by atoms with van der Waals surface area (Å²) in [6, 6.07) is 7.94. The summed E-state index contributed by atoms with van der Waals surface area (Å²) in [4.78, 5) is 4.27. The summed E-state index contributed by atoms with van der Waals surface area (Å²) in [5, 5.41) is 0. The van der Waals surface area contributed by atoms with Crippen LogP contribution in [0.25, 0.3) is 0 Å². The molecule has 2 rings (SSSR count). The van der Waals surface area contributed by atoms with Crippen LogP contribution in [0, 0.1) is 13.8 Å². The molecule has 0 bridgehead atoms. The van der Waals surface area contributed by atoms with Crippen LogP contribution in [0.1, 0.15) is 17.0 Å². The molecule has 0 saturated carbocycles. The summed E-state index contributed by atoms with van der Waals surface area (Å²) in [5.74, 6) is 0. The van der Waals surface area contributed by atoms with Gasteiger partial charge in [-0.25, -0.2) is 4.98 Å². The van der Waals surface area contributed by atoms with Gasteiger partial charge in [0.2, 0.25) is 0 Å². The zero-order valence-corrected chi connectivity index (χ0v) is 9.07. The van der Waals surface area contributed by atoms with Crippen molar-refractivity contribution in [1.29, 1.82) is 0 Å². The fraction of sp³-hybridized carbons (Fsp3) is 0.250. The van der Waals surface area contributed by atoms with Gasteiger partial charge in [-0.2, -0.15) is 0 Å². The van der Waals surface area contributed by atoms with E-state index in [9.17, 15) is 0 Å². The van der Waals surface area contributed by atoms with Crippen LogP contribution in [0.5, 0.6) is 0 Å². The van der Waals surface area contributed by atoms with Crippen molar-refractivity contribution >= 4 is 5.69 Å². The third-order valence-corrected chi connectivity index (χ3v) is 2.68. The third kappa shape index (κ3) is 2.01. The molecule has 0 fully saturated rings. The van der Waals surface area contributed by atoms with E-state index < -0.39 is 0 Å². The lowest BCUT2D eigenvalue weighted by Crippen LogP contribution is -2.00. The summed E-state index contributed by atoms with van der Waals surface area (Å²) in [7, 11) is 0. The Morgan fingerprint density at radius 3 is 2.40 bits per heavy atom. The van der Waals surface area contributed by atoms with Crippen LogP contribution in [0.15, 0.2) is 30.6 Å². The number of hydrogen-bond acceptors (Lipinski definition) is 2. The van der Waals surface area contributed by atoms with E-state index in [-0.39, 0.29) is 0 Å². The van der Waals surface area contributed by atoms with Crippen molar-refractivity contribution in [1.82, 2.24) is 9.55 Å². The predicted octanol–water partition coefficient (Wildman–Crippen LogP) is 2.13. The molecule has 0 aliphatic heterocycles. The van der Waals surface area contributed by atoms with Crippen molar-refractivity contribution in [2.24, 2.45) is 0 Å². The molecule has 0 atom stereocenters. The highest BCUT2D eigenvalue weighted by atomic mass is 15.0. The van der Waals surface area contributed by atoms with Crippen molar-refractivity contribution in [3.05, 3.63) is 47.5 Å². The summed E-state index contributed by atoms with van der Waals surface area (Å²) in [5.41, 5.74) is 9.98. The number of nitrogen functional groups attached to an aromatic ring is 1. The van der Waals surface area contributed by atoms with Gasteiger partial charge >= 0.3 is 0 Å². The van der Waals surface area contributed by atoms with Gasteiger partial charge in [0.25, 0.3) is 0 Å². The van der Waals surface area contributed by atoms with Gasteiger partial charge in [-0.15, -0.1) is 0 Å². The first kappa shape index (κ1) is 9.77. The van der Waals surface area contributed by atoms with Gasteiger partial charge in [-0.3, -0.25) is 0 Å². The first-order valence-electron chi connectivity index (χ1n) is 4.99. The Bertz CT molecular complexity index is 454. The number of nitrogens with zero attached hydrogens (tertiary/aromatic N) is 2. The van der Waals surface area contributed by atoms with E-state index in [4.69, 9.17) is 5.73 Å². The lowest BCUT2D eigenvalue weighted by atomic mass is 10.2. The molecule has 0 spiro atoms. The van der Waals surface area contributed by atoms with Gasteiger partial charge in [0.1, 0.15) is 0 Å². The Balaban J connectivity index is 2.22. The molecular weight excluding hydrogens is 186 g/mol. The van der Waals surface area contributed by atoms with E-state index in [1.165, 1.54) is 11.3 Å². The molecule has 3 nitrogen and oxygen atoms in total. The number of hydrogen-bond donors (Lipinski definition) is 1. The van der Waals surface area contributed by atoms with Crippen LogP contribution < -0.4 is 5.73 Å². The SMILES string of the molecule is Cc1ncn(Cc2ccc(N)cc2)c1C. The Morgan fingerprint density at radius 2 is 1.87 bits per heavy atom. The molecular formula is C12H15N3. The van der Waals surface area contributed by atoms with Gasteiger partial charge in [0.15, 0.2) is 0 Å². The highest BCUT2D eigenvalue weighted by Gasteiger charge is 2.02. The van der Waals surface area contributed by atoms with Crippen LogP contribution in [-0.4, -0.2) is 9.55 Å². The minimum Gasteiger partial charge on any atom is -0.399 e. The average molecular weight is 201 g/mol. The maximum atomic E-state index is 5.63. The average Bonchev–Trinajstić information content (AvgIpc) is 2.53. The van der Waals surface area contributed by atoms with Crippen molar-refractivity contribution in [2.45, 2.75) is 20.4 Å². The maximum absolute atomic E-state index is 5.63. The van der Waals surface area contributed by atoms with E-state index in [0.717, 1.165) is 17.9 Å².